The average Bonchev–Trinajstić information content (AvgIpc) is 2.38. The Morgan fingerprint density at radius 2 is 1.89 bits per heavy atom. The van der Waals surface area contributed by atoms with Gasteiger partial charge >= 0.3 is 0 Å². The van der Waals surface area contributed by atoms with Crippen LogP contribution in [-0.2, 0) is 6.61 Å². The maximum atomic E-state index is 9.19. The Hall–Kier alpha value is -1.09. The Kier molecular flexibility index (Phi) is 7.42. The summed E-state index contributed by atoms with van der Waals surface area (Å²) in [5.41, 5.74) is 1.69. The van der Waals surface area contributed by atoms with E-state index in [1.54, 1.807) is 6.20 Å². The lowest BCUT2D eigenvalue weighted by Crippen LogP contribution is -2.01. The van der Waals surface area contributed by atoms with Crippen molar-refractivity contribution in [1.29, 1.82) is 0 Å². The molecule has 0 amide bonds. The second kappa shape index (κ2) is 8.92. The molecule has 0 spiro atoms. The summed E-state index contributed by atoms with van der Waals surface area (Å²) < 4.78 is 5.72. The summed E-state index contributed by atoms with van der Waals surface area (Å²) in [6.45, 7) is 4.87. The zero-order valence-electron chi connectivity index (χ0n) is 11.6. The molecule has 0 aromatic carbocycles. The molecule has 1 aromatic rings. The Balaban J connectivity index is 2.24. The second-order valence-electron chi connectivity index (χ2n) is 4.71. The number of ether oxygens (including phenoxy) is 1. The first-order valence-corrected chi connectivity index (χ1v) is 6.97. The quantitative estimate of drug-likeness (QED) is 0.682. The molecule has 1 heterocycles. The Morgan fingerprint density at radius 3 is 2.61 bits per heavy atom. The predicted octanol–water partition coefficient (Wildman–Crippen LogP) is 3.62. The Bertz CT molecular complexity index is 339. The number of hydrogen-bond donors (Lipinski definition) is 1. The third-order valence-electron chi connectivity index (χ3n) is 3.01. The van der Waals surface area contributed by atoms with Gasteiger partial charge < -0.3 is 9.84 Å². The molecule has 1 rings (SSSR count). The van der Waals surface area contributed by atoms with E-state index in [4.69, 9.17) is 4.74 Å². The molecule has 0 saturated heterocycles. The molecular formula is C15H25NO2. The lowest BCUT2D eigenvalue weighted by molar-refractivity contribution is 0.259. The molecule has 0 aliphatic carbocycles. The van der Waals surface area contributed by atoms with Crippen LogP contribution >= 0.6 is 0 Å². The second-order valence-corrected chi connectivity index (χ2v) is 4.71. The van der Waals surface area contributed by atoms with E-state index in [0.717, 1.165) is 30.0 Å². The standard InChI is InChI=1S/C15H25NO2/c1-3-4-5-6-7-8-9-18-15-10-13(2)16-11-14(15)12-17/h10-11,17H,3-9,12H2,1-2H3. The molecule has 102 valence electrons. The van der Waals surface area contributed by atoms with Gasteiger partial charge in [0.2, 0.25) is 0 Å². The summed E-state index contributed by atoms with van der Waals surface area (Å²) in [5, 5.41) is 9.19. The van der Waals surface area contributed by atoms with Gasteiger partial charge in [-0.25, -0.2) is 0 Å². The summed E-state index contributed by atoms with van der Waals surface area (Å²) >= 11 is 0. The molecule has 1 N–H and O–H groups in total. The zero-order valence-corrected chi connectivity index (χ0v) is 11.6. The smallest absolute Gasteiger partial charge is 0.128 e. The van der Waals surface area contributed by atoms with Gasteiger partial charge in [-0.1, -0.05) is 39.0 Å². The zero-order chi connectivity index (χ0) is 13.2. The van der Waals surface area contributed by atoms with E-state index in [2.05, 4.69) is 11.9 Å². The molecule has 1 aromatic heterocycles. The first kappa shape index (κ1) is 15.0. The van der Waals surface area contributed by atoms with Crippen LogP contribution in [-0.4, -0.2) is 16.7 Å². The topological polar surface area (TPSA) is 42.4 Å². The van der Waals surface area contributed by atoms with Crippen LogP contribution in [0.4, 0.5) is 0 Å². The number of aliphatic hydroxyl groups excluding tert-OH is 1. The molecule has 0 radical (unpaired) electrons. The monoisotopic (exact) mass is 251 g/mol. The van der Waals surface area contributed by atoms with E-state index in [9.17, 15) is 5.11 Å². The summed E-state index contributed by atoms with van der Waals surface area (Å²) in [4.78, 5) is 4.15. The first-order chi connectivity index (χ1) is 8.77. The SMILES string of the molecule is CCCCCCCCOc1cc(C)ncc1CO. The lowest BCUT2D eigenvalue weighted by atomic mass is 10.1. The van der Waals surface area contributed by atoms with Crippen molar-refractivity contribution in [2.24, 2.45) is 0 Å². The minimum absolute atomic E-state index is 0.0148. The molecule has 18 heavy (non-hydrogen) atoms. The predicted molar refractivity (Wildman–Crippen MR) is 73.8 cm³/mol. The maximum absolute atomic E-state index is 9.19. The van der Waals surface area contributed by atoms with E-state index in [1.165, 1.54) is 32.1 Å². The highest BCUT2D eigenvalue weighted by Crippen LogP contribution is 2.19. The average molecular weight is 251 g/mol. The number of aryl methyl sites for hydroxylation is 1. The molecule has 3 nitrogen and oxygen atoms in total. The van der Waals surface area contributed by atoms with Crippen LogP contribution < -0.4 is 4.74 Å². The largest absolute Gasteiger partial charge is 0.493 e. The molecule has 0 unspecified atom stereocenters. The van der Waals surface area contributed by atoms with Gasteiger partial charge in [-0.15, -0.1) is 0 Å². The number of rotatable bonds is 9. The van der Waals surface area contributed by atoms with Gasteiger partial charge in [-0.05, 0) is 13.3 Å². The number of aromatic nitrogens is 1. The van der Waals surface area contributed by atoms with E-state index in [0.29, 0.717) is 0 Å². The normalized spacial score (nSPS) is 10.6. The van der Waals surface area contributed by atoms with E-state index < -0.39 is 0 Å². The highest BCUT2D eigenvalue weighted by atomic mass is 16.5. The number of unbranched alkanes of at least 4 members (excludes halogenated alkanes) is 5. The lowest BCUT2D eigenvalue weighted by Gasteiger charge is -2.10. The van der Waals surface area contributed by atoms with Gasteiger partial charge in [0.05, 0.1) is 13.2 Å². The summed E-state index contributed by atoms with van der Waals surface area (Å²) in [5.74, 6) is 0.776. The molecule has 3 heteroatoms. The Labute approximate surface area is 110 Å². The van der Waals surface area contributed by atoms with E-state index in [1.807, 2.05) is 13.0 Å². The maximum Gasteiger partial charge on any atom is 0.128 e. The van der Waals surface area contributed by atoms with E-state index >= 15 is 0 Å². The molecular weight excluding hydrogens is 226 g/mol. The van der Waals surface area contributed by atoms with E-state index in [-0.39, 0.29) is 6.61 Å². The van der Waals surface area contributed by atoms with Gasteiger partial charge in [0.15, 0.2) is 0 Å². The number of pyridine rings is 1. The van der Waals surface area contributed by atoms with Crippen LogP contribution in [0.25, 0.3) is 0 Å². The van der Waals surface area contributed by atoms with Crippen molar-refractivity contribution in [3.05, 3.63) is 23.5 Å². The van der Waals surface area contributed by atoms with Crippen molar-refractivity contribution < 1.29 is 9.84 Å². The molecule has 0 saturated carbocycles. The summed E-state index contributed by atoms with van der Waals surface area (Å²) in [6.07, 6.45) is 9.22. The van der Waals surface area contributed by atoms with Gasteiger partial charge in [-0.3, -0.25) is 4.98 Å². The van der Waals surface area contributed by atoms with Crippen molar-refractivity contribution in [1.82, 2.24) is 4.98 Å². The molecule has 0 atom stereocenters. The first-order valence-electron chi connectivity index (χ1n) is 6.97. The fraction of sp³-hybridized carbons (Fsp3) is 0.667. The minimum Gasteiger partial charge on any atom is -0.493 e. The van der Waals surface area contributed by atoms with Crippen LogP contribution in [0.2, 0.25) is 0 Å². The van der Waals surface area contributed by atoms with Crippen LogP contribution in [0.15, 0.2) is 12.3 Å². The molecule has 0 aliphatic rings. The van der Waals surface area contributed by atoms with Crippen LogP contribution in [0, 0.1) is 6.92 Å². The molecule has 0 fully saturated rings. The van der Waals surface area contributed by atoms with Crippen molar-refractivity contribution in [2.45, 2.75) is 59.0 Å². The highest BCUT2D eigenvalue weighted by molar-refractivity contribution is 5.32. The van der Waals surface area contributed by atoms with Gasteiger partial charge in [-0.2, -0.15) is 0 Å². The van der Waals surface area contributed by atoms with Crippen LogP contribution in [0.3, 0.4) is 0 Å². The van der Waals surface area contributed by atoms with Gasteiger partial charge in [0.1, 0.15) is 5.75 Å². The third kappa shape index (κ3) is 5.50. The fourth-order valence-corrected chi connectivity index (χ4v) is 1.88. The van der Waals surface area contributed by atoms with Crippen molar-refractivity contribution in [3.63, 3.8) is 0 Å². The van der Waals surface area contributed by atoms with Crippen LogP contribution in [0.5, 0.6) is 5.75 Å². The van der Waals surface area contributed by atoms with Gasteiger partial charge in [0.25, 0.3) is 0 Å². The number of aliphatic hydroxyl groups is 1. The highest BCUT2D eigenvalue weighted by Gasteiger charge is 2.03. The number of hydrogen-bond acceptors (Lipinski definition) is 3. The van der Waals surface area contributed by atoms with Crippen molar-refractivity contribution >= 4 is 0 Å². The van der Waals surface area contributed by atoms with Crippen LogP contribution in [0.1, 0.15) is 56.7 Å². The van der Waals surface area contributed by atoms with Crippen molar-refractivity contribution in [2.75, 3.05) is 6.61 Å². The van der Waals surface area contributed by atoms with Crippen molar-refractivity contribution in [3.8, 4) is 5.75 Å². The molecule has 0 bridgehead atoms. The number of nitrogens with zero attached hydrogens (tertiary/aromatic N) is 1. The fourth-order valence-electron chi connectivity index (χ4n) is 1.88. The van der Waals surface area contributed by atoms with Gasteiger partial charge in [0, 0.05) is 23.5 Å². The summed E-state index contributed by atoms with van der Waals surface area (Å²) in [6, 6.07) is 1.89. The summed E-state index contributed by atoms with van der Waals surface area (Å²) in [7, 11) is 0. The minimum atomic E-state index is -0.0148. The third-order valence-corrected chi connectivity index (χ3v) is 3.01. The Morgan fingerprint density at radius 1 is 1.17 bits per heavy atom. The molecule has 0 aliphatic heterocycles.